The number of benzene rings is 1. The van der Waals surface area contributed by atoms with E-state index in [0.717, 1.165) is 23.8 Å². The number of hydrogen-bond acceptors (Lipinski definition) is 5. The van der Waals surface area contributed by atoms with Crippen LogP contribution in [0.25, 0.3) is 11.4 Å². The lowest BCUT2D eigenvalue weighted by atomic mass is 10.2. The molecule has 2 aromatic heterocycles. The van der Waals surface area contributed by atoms with Crippen molar-refractivity contribution in [3.63, 3.8) is 0 Å². The predicted molar refractivity (Wildman–Crippen MR) is 104 cm³/mol. The SMILES string of the molecule is CC(C)Cn1c(SCC(=O)Nc2cc(F)ccc2F)nnc1-c1cccnc1. The van der Waals surface area contributed by atoms with Crippen molar-refractivity contribution in [3.8, 4) is 11.4 Å². The van der Waals surface area contributed by atoms with Gasteiger partial charge in [0, 0.05) is 30.6 Å². The molecule has 28 heavy (non-hydrogen) atoms. The molecule has 0 aliphatic rings. The van der Waals surface area contributed by atoms with Gasteiger partial charge in [0.15, 0.2) is 11.0 Å². The van der Waals surface area contributed by atoms with Gasteiger partial charge in [0.2, 0.25) is 5.91 Å². The van der Waals surface area contributed by atoms with Gasteiger partial charge >= 0.3 is 0 Å². The first kappa shape index (κ1) is 19.9. The maximum atomic E-state index is 13.7. The van der Waals surface area contributed by atoms with E-state index in [4.69, 9.17) is 0 Å². The Morgan fingerprint density at radius 1 is 1.25 bits per heavy atom. The average molecular weight is 403 g/mol. The Bertz CT molecular complexity index is 962. The molecular weight excluding hydrogens is 384 g/mol. The third-order valence-electron chi connectivity index (χ3n) is 3.72. The minimum Gasteiger partial charge on any atom is -0.323 e. The number of halogens is 2. The molecule has 0 fully saturated rings. The highest BCUT2D eigenvalue weighted by molar-refractivity contribution is 7.99. The summed E-state index contributed by atoms with van der Waals surface area (Å²) in [5.74, 6) is -0.790. The number of hydrogen-bond donors (Lipinski definition) is 1. The molecule has 2 heterocycles. The van der Waals surface area contributed by atoms with Crippen LogP contribution in [0, 0.1) is 17.6 Å². The summed E-state index contributed by atoms with van der Waals surface area (Å²) in [5, 5.41) is 11.4. The van der Waals surface area contributed by atoms with E-state index < -0.39 is 17.5 Å². The number of thioether (sulfide) groups is 1. The Balaban J connectivity index is 1.74. The average Bonchev–Trinajstić information content (AvgIpc) is 3.05. The summed E-state index contributed by atoms with van der Waals surface area (Å²) >= 11 is 1.18. The molecule has 6 nitrogen and oxygen atoms in total. The normalized spacial score (nSPS) is 11.0. The molecule has 146 valence electrons. The number of aromatic nitrogens is 4. The summed E-state index contributed by atoms with van der Waals surface area (Å²) in [6.07, 6.45) is 3.38. The summed E-state index contributed by atoms with van der Waals surface area (Å²) in [6, 6.07) is 6.62. The van der Waals surface area contributed by atoms with E-state index in [1.54, 1.807) is 12.4 Å². The van der Waals surface area contributed by atoms with E-state index in [9.17, 15) is 13.6 Å². The van der Waals surface area contributed by atoms with Crippen LogP contribution >= 0.6 is 11.8 Å². The molecule has 3 rings (SSSR count). The third-order valence-corrected chi connectivity index (χ3v) is 4.69. The van der Waals surface area contributed by atoms with Crippen LogP contribution in [-0.2, 0) is 11.3 Å². The zero-order chi connectivity index (χ0) is 20.1. The molecule has 0 spiro atoms. The highest BCUT2D eigenvalue weighted by atomic mass is 32.2. The number of pyridine rings is 1. The Morgan fingerprint density at radius 3 is 2.79 bits per heavy atom. The molecular formula is C19H19F2N5OS. The van der Waals surface area contributed by atoms with Gasteiger partial charge in [0.25, 0.3) is 0 Å². The molecule has 0 unspecified atom stereocenters. The van der Waals surface area contributed by atoms with Gasteiger partial charge in [-0.15, -0.1) is 10.2 Å². The topological polar surface area (TPSA) is 72.7 Å². The molecule has 0 saturated carbocycles. The number of rotatable bonds is 7. The van der Waals surface area contributed by atoms with Gasteiger partial charge in [-0.3, -0.25) is 9.78 Å². The summed E-state index contributed by atoms with van der Waals surface area (Å²) in [5.41, 5.74) is 0.638. The Morgan fingerprint density at radius 2 is 2.07 bits per heavy atom. The van der Waals surface area contributed by atoms with E-state index in [0.29, 0.717) is 23.4 Å². The minimum atomic E-state index is -0.693. The van der Waals surface area contributed by atoms with Crippen molar-refractivity contribution >= 4 is 23.4 Å². The first-order valence-corrected chi connectivity index (χ1v) is 9.64. The monoisotopic (exact) mass is 403 g/mol. The van der Waals surface area contributed by atoms with E-state index >= 15 is 0 Å². The number of anilines is 1. The van der Waals surface area contributed by atoms with Crippen molar-refractivity contribution in [2.24, 2.45) is 5.92 Å². The molecule has 0 atom stereocenters. The molecule has 9 heteroatoms. The third kappa shape index (κ3) is 4.92. The quantitative estimate of drug-likeness (QED) is 0.604. The smallest absolute Gasteiger partial charge is 0.234 e. The van der Waals surface area contributed by atoms with Crippen LogP contribution in [0.1, 0.15) is 13.8 Å². The second-order valence-corrected chi connectivity index (χ2v) is 7.46. The van der Waals surface area contributed by atoms with Gasteiger partial charge in [0.05, 0.1) is 11.4 Å². The van der Waals surface area contributed by atoms with E-state index in [1.165, 1.54) is 11.8 Å². The van der Waals surface area contributed by atoms with Crippen LogP contribution in [0.3, 0.4) is 0 Å². The van der Waals surface area contributed by atoms with Gasteiger partial charge in [-0.05, 0) is 30.2 Å². The van der Waals surface area contributed by atoms with Gasteiger partial charge in [-0.25, -0.2) is 8.78 Å². The molecule has 0 radical (unpaired) electrons. The van der Waals surface area contributed by atoms with Crippen molar-refractivity contribution in [1.82, 2.24) is 19.7 Å². The standard InChI is InChI=1S/C19H19F2N5OS/c1-12(2)10-26-18(13-4-3-7-22-9-13)24-25-19(26)28-11-17(27)23-16-8-14(20)5-6-15(16)21/h3-9,12H,10-11H2,1-2H3,(H,23,27). The lowest BCUT2D eigenvalue weighted by molar-refractivity contribution is -0.113. The molecule has 1 N–H and O–H groups in total. The van der Waals surface area contributed by atoms with Crippen LogP contribution < -0.4 is 5.32 Å². The second-order valence-electron chi connectivity index (χ2n) is 6.51. The lowest BCUT2D eigenvalue weighted by Gasteiger charge is -2.12. The van der Waals surface area contributed by atoms with Crippen LogP contribution in [0.15, 0.2) is 47.9 Å². The Hall–Kier alpha value is -2.81. The molecule has 0 aliphatic heterocycles. The zero-order valence-electron chi connectivity index (χ0n) is 15.4. The van der Waals surface area contributed by atoms with Crippen molar-refractivity contribution < 1.29 is 13.6 Å². The lowest BCUT2D eigenvalue weighted by Crippen LogP contribution is -2.16. The number of nitrogens with zero attached hydrogens (tertiary/aromatic N) is 4. The zero-order valence-corrected chi connectivity index (χ0v) is 16.2. The van der Waals surface area contributed by atoms with Crippen molar-refractivity contribution in [2.45, 2.75) is 25.5 Å². The van der Waals surface area contributed by atoms with Crippen LogP contribution in [0.5, 0.6) is 0 Å². The van der Waals surface area contributed by atoms with Crippen molar-refractivity contribution in [2.75, 3.05) is 11.1 Å². The summed E-state index contributed by atoms with van der Waals surface area (Å²) in [7, 11) is 0. The number of nitrogens with one attached hydrogen (secondary N) is 1. The first-order valence-electron chi connectivity index (χ1n) is 8.65. The fraction of sp³-hybridized carbons (Fsp3) is 0.263. The molecule has 1 aromatic carbocycles. The maximum Gasteiger partial charge on any atom is 0.234 e. The minimum absolute atomic E-state index is 0.0147. The predicted octanol–water partition coefficient (Wildman–Crippen LogP) is 4.01. The largest absolute Gasteiger partial charge is 0.323 e. The van der Waals surface area contributed by atoms with Crippen LogP contribution in [-0.4, -0.2) is 31.4 Å². The number of carbonyl (C=O) groups excluding carboxylic acids is 1. The van der Waals surface area contributed by atoms with E-state index in [-0.39, 0.29) is 11.4 Å². The first-order chi connectivity index (χ1) is 13.4. The van der Waals surface area contributed by atoms with Gasteiger partial charge in [0.1, 0.15) is 11.6 Å². The Labute approximate surface area is 165 Å². The fourth-order valence-electron chi connectivity index (χ4n) is 2.54. The highest BCUT2D eigenvalue weighted by Gasteiger charge is 2.17. The van der Waals surface area contributed by atoms with E-state index in [2.05, 4.69) is 34.3 Å². The van der Waals surface area contributed by atoms with Crippen LogP contribution in [0.2, 0.25) is 0 Å². The molecule has 3 aromatic rings. The molecule has 1 amide bonds. The van der Waals surface area contributed by atoms with Gasteiger partial charge in [-0.1, -0.05) is 25.6 Å². The summed E-state index contributed by atoms with van der Waals surface area (Å²) < 4.78 is 28.8. The maximum absolute atomic E-state index is 13.7. The molecule has 0 aliphatic carbocycles. The number of amides is 1. The fourth-order valence-corrected chi connectivity index (χ4v) is 3.29. The highest BCUT2D eigenvalue weighted by Crippen LogP contribution is 2.25. The van der Waals surface area contributed by atoms with Gasteiger partial charge in [-0.2, -0.15) is 0 Å². The Kier molecular flexibility index (Phi) is 6.35. The van der Waals surface area contributed by atoms with Crippen molar-refractivity contribution in [3.05, 3.63) is 54.4 Å². The molecule has 0 bridgehead atoms. The summed E-state index contributed by atoms with van der Waals surface area (Å²) in [6.45, 7) is 4.81. The molecule has 0 saturated heterocycles. The summed E-state index contributed by atoms with van der Waals surface area (Å²) in [4.78, 5) is 16.3. The van der Waals surface area contributed by atoms with Crippen molar-refractivity contribution in [1.29, 1.82) is 0 Å². The second kappa shape index (κ2) is 8.92. The number of carbonyl (C=O) groups is 1. The van der Waals surface area contributed by atoms with Crippen LogP contribution in [0.4, 0.5) is 14.5 Å². The van der Waals surface area contributed by atoms with E-state index in [1.807, 2.05) is 16.7 Å². The van der Waals surface area contributed by atoms with Gasteiger partial charge < -0.3 is 9.88 Å².